The van der Waals surface area contributed by atoms with E-state index in [2.05, 4.69) is 6.92 Å². The molecule has 5 heteroatoms. The van der Waals surface area contributed by atoms with Gasteiger partial charge >= 0.3 is 5.97 Å². The molecule has 4 aliphatic rings. The highest BCUT2D eigenvalue weighted by molar-refractivity contribution is 6.26. The number of rotatable bonds is 3. The van der Waals surface area contributed by atoms with Gasteiger partial charge < -0.3 is 9.84 Å². The zero-order valence-corrected chi connectivity index (χ0v) is 17.3. The van der Waals surface area contributed by atoms with Crippen molar-refractivity contribution in [1.29, 1.82) is 0 Å². The third-order valence-electron chi connectivity index (χ3n) is 8.75. The number of carbonyl (C=O) groups excluding carboxylic acids is 2. The van der Waals surface area contributed by atoms with Crippen molar-refractivity contribution in [1.82, 2.24) is 0 Å². The van der Waals surface area contributed by atoms with Crippen LogP contribution in [-0.2, 0) is 14.3 Å². The second-order valence-electron chi connectivity index (χ2n) is 9.93. The van der Waals surface area contributed by atoms with Crippen LogP contribution >= 0.6 is 11.6 Å². The van der Waals surface area contributed by atoms with E-state index in [1.807, 2.05) is 0 Å². The number of hydrogen-bond acceptors (Lipinski definition) is 4. The Morgan fingerprint density at radius 3 is 2.56 bits per heavy atom. The van der Waals surface area contributed by atoms with E-state index in [1.165, 1.54) is 0 Å². The normalized spacial score (nSPS) is 48.9. The molecule has 4 fully saturated rings. The quantitative estimate of drug-likeness (QED) is 0.579. The van der Waals surface area contributed by atoms with E-state index in [1.54, 1.807) is 6.92 Å². The fourth-order valence-corrected chi connectivity index (χ4v) is 7.92. The van der Waals surface area contributed by atoms with Gasteiger partial charge in [-0.3, -0.25) is 9.59 Å². The van der Waals surface area contributed by atoms with Crippen LogP contribution in [-0.4, -0.2) is 34.9 Å². The van der Waals surface area contributed by atoms with E-state index in [0.717, 1.165) is 51.4 Å². The maximum Gasteiger partial charge on any atom is 0.321 e. The molecule has 1 N–H and O–H groups in total. The fourth-order valence-electron chi connectivity index (χ4n) is 7.86. The molecule has 0 unspecified atom stereocenters. The zero-order valence-electron chi connectivity index (χ0n) is 16.5. The van der Waals surface area contributed by atoms with Gasteiger partial charge in [-0.15, -0.1) is 11.6 Å². The Morgan fingerprint density at radius 2 is 1.85 bits per heavy atom. The first-order chi connectivity index (χ1) is 12.8. The van der Waals surface area contributed by atoms with Crippen molar-refractivity contribution < 1.29 is 19.4 Å². The van der Waals surface area contributed by atoms with Gasteiger partial charge in [-0.25, -0.2) is 0 Å². The van der Waals surface area contributed by atoms with Gasteiger partial charge in [0, 0.05) is 11.8 Å². The van der Waals surface area contributed by atoms with Gasteiger partial charge in [-0.2, -0.15) is 0 Å². The predicted octanol–water partition coefficient (Wildman–Crippen LogP) is 3.97. The van der Waals surface area contributed by atoms with Gasteiger partial charge in [-0.05, 0) is 87.4 Å². The van der Waals surface area contributed by atoms with Gasteiger partial charge in [0.2, 0.25) is 0 Å². The number of alkyl halides is 1. The Balaban J connectivity index is 1.67. The first kappa shape index (κ1) is 19.7. The molecule has 0 aromatic heterocycles. The number of halogens is 1. The molecule has 152 valence electrons. The summed E-state index contributed by atoms with van der Waals surface area (Å²) in [5.74, 6) is 2.44. The molecule has 0 aromatic rings. The number of fused-ring (bicyclic) bond motifs is 5. The second-order valence-corrected chi connectivity index (χ2v) is 10.2. The molecule has 0 saturated heterocycles. The lowest BCUT2D eigenvalue weighted by Gasteiger charge is -2.58. The van der Waals surface area contributed by atoms with Crippen LogP contribution < -0.4 is 0 Å². The lowest BCUT2D eigenvalue weighted by atomic mass is 9.48. The minimum absolute atomic E-state index is 0.0642. The lowest BCUT2D eigenvalue weighted by molar-refractivity contribution is -0.178. The van der Waals surface area contributed by atoms with Gasteiger partial charge in [-0.1, -0.05) is 6.92 Å². The summed E-state index contributed by atoms with van der Waals surface area (Å²) in [5, 5.41) is 10.1. The van der Waals surface area contributed by atoms with Crippen LogP contribution in [0.1, 0.15) is 65.2 Å². The zero-order chi connectivity index (χ0) is 19.3. The summed E-state index contributed by atoms with van der Waals surface area (Å²) in [6.45, 7) is 3.99. The summed E-state index contributed by atoms with van der Waals surface area (Å²) in [4.78, 5) is 24.5. The van der Waals surface area contributed by atoms with E-state index in [0.29, 0.717) is 29.6 Å². The van der Waals surface area contributed by atoms with Crippen LogP contribution in [0.15, 0.2) is 0 Å². The molecule has 27 heavy (non-hydrogen) atoms. The van der Waals surface area contributed by atoms with Crippen molar-refractivity contribution >= 4 is 23.4 Å². The number of esters is 1. The average molecular weight is 397 g/mol. The number of Topliss-reactive ketones (excluding diaryl/α,β-unsaturated/α-hetero) is 1. The Kier molecular flexibility index (Phi) is 5.35. The smallest absolute Gasteiger partial charge is 0.321 e. The average Bonchev–Trinajstić information content (AvgIpc) is 2.97. The molecule has 0 bridgehead atoms. The van der Waals surface area contributed by atoms with Crippen molar-refractivity contribution in [2.45, 2.75) is 77.4 Å². The van der Waals surface area contributed by atoms with Crippen molar-refractivity contribution in [3.63, 3.8) is 0 Å². The maximum atomic E-state index is 12.4. The van der Waals surface area contributed by atoms with E-state index >= 15 is 0 Å². The minimum Gasteiger partial charge on any atom is -0.461 e. The monoisotopic (exact) mass is 396 g/mol. The lowest BCUT2D eigenvalue weighted by Crippen LogP contribution is -2.56. The molecule has 4 rings (SSSR count). The number of carbonyl (C=O) groups is 2. The van der Waals surface area contributed by atoms with Gasteiger partial charge in [0.05, 0.1) is 6.10 Å². The van der Waals surface area contributed by atoms with Crippen LogP contribution in [0.2, 0.25) is 0 Å². The summed E-state index contributed by atoms with van der Waals surface area (Å²) in [6.07, 6.45) is 7.66. The summed E-state index contributed by atoms with van der Waals surface area (Å²) in [6, 6.07) is 0. The SMILES string of the molecule is CC(=O)[C@H]1CC[C@H]2[C@@H]3CC[C@H]4C[C@H](O)CC[C@@H]4[C@H]3[C@@H](OC(=O)CCl)C[C@]12C. The van der Waals surface area contributed by atoms with Crippen molar-refractivity contribution in [2.24, 2.45) is 40.9 Å². The molecule has 0 aliphatic heterocycles. The molecule has 4 aliphatic carbocycles. The van der Waals surface area contributed by atoms with Crippen LogP contribution in [0.4, 0.5) is 0 Å². The Bertz CT molecular complexity index is 607. The van der Waals surface area contributed by atoms with E-state index < -0.39 is 0 Å². The van der Waals surface area contributed by atoms with Crippen LogP contribution in [0.3, 0.4) is 0 Å². The third-order valence-corrected chi connectivity index (χ3v) is 8.97. The molecule has 4 saturated carbocycles. The molecule has 0 heterocycles. The number of aliphatic hydroxyl groups is 1. The molecule has 9 atom stereocenters. The van der Waals surface area contributed by atoms with Crippen LogP contribution in [0.5, 0.6) is 0 Å². The van der Waals surface area contributed by atoms with E-state index in [9.17, 15) is 14.7 Å². The predicted molar refractivity (Wildman–Crippen MR) is 103 cm³/mol. The van der Waals surface area contributed by atoms with Gasteiger partial charge in [0.1, 0.15) is 17.8 Å². The number of ketones is 1. The highest BCUT2D eigenvalue weighted by Gasteiger charge is 2.61. The molecule has 0 radical (unpaired) electrons. The molecule has 0 aromatic carbocycles. The summed E-state index contributed by atoms with van der Waals surface area (Å²) in [5.41, 5.74) is -0.0642. The van der Waals surface area contributed by atoms with Crippen molar-refractivity contribution in [3.8, 4) is 0 Å². The summed E-state index contributed by atoms with van der Waals surface area (Å²) < 4.78 is 5.94. The molecular formula is C22H33ClO4. The maximum absolute atomic E-state index is 12.4. The minimum atomic E-state index is -0.335. The van der Waals surface area contributed by atoms with E-state index in [4.69, 9.17) is 16.3 Å². The molecule has 4 nitrogen and oxygen atoms in total. The fraction of sp³-hybridized carbons (Fsp3) is 0.909. The Morgan fingerprint density at radius 1 is 1.11 bits per heavy atom. The highest BCUT2D eigenvalue weighted by Crippen LogP contribution is 2.64. The third kappa shape index (κ3) is 3.25. The topological polar surface area (TPSA) is 63.6 Å². The number of aliphatic hydroxyl groups excluding tert-OH is 1. The Hall–Kier alpha value is -0.610. The molecule has 0 amide bonds. The number of ether oxygens (including phenoxy) is 1. The first-order valence-corrected chi connectivity index (χ1v) is 11.3. The van der Waals surface area contributed by atoms with E-state index in [-0.39, 0.29) is 41.2 Å². The van der Waals surface area contributed by atoms with Crippen LogP contribution in [0, 0.1) is 40.9 Å². The Labute approximate surface area is 167 Å². The largest absolute Gasteiger partial charge is 0.461 e. The standard InChI is InChI=1S/C22H33ClO4/c1-12(24)17-7-8-18-16-5-3-13-9-14(25)4-6-15(13)21(16)19(10-22(17,18)2)27-20(26)11-23/h13-19,21,25H,3-11H2,1-2H3/t13-,14+,15-,16-,17+,18-,19-,21+,22+/m0/s1. The van der Waals surface area contributed by atoms with Gasteiger partial charge in [0.25, 0.3) is 0 Å². The highest BCUT2D eigenvalue weighted by atomic mass is 35.5. The summed E-state index contributed by atoms with van der Waals surface area (Å²) >= 11 is 5.77. The summed E-state index contributed by atoms with van der Waals surface area (Å²) in [7, 11) is 0. The number of hydrogen-bond donors (Lipinski definition) is 1. The van der Waals surface area contributed by atoms with Crippen molar-refractivity contribution in [2.75, 3.05) is 5.88 Å². The van der Waals surface area contributed by atoms with Crippen LogP contribution in [0.25, 0.3) is 0 Å². The van der Waals surface area contributed by atoms with Crippen molar-refractivity contribution in [3.05, 3.63) is 0 Å². The second kappa shape index (κ2) is 7.33. The molecular weight excluding hydrogens is 364 g/mol. The molecule has 0 spiro atoms. The van der Waals surface area contributed by atoms with Gasteiger partial charge in [0.15, 0.2) is 0 Å². The first-order valence-electron chi connectivity index (χ1n) is 10.8.